The molecule has 6 nitrogen and oxygen atoms in total. The van der Waals surface area contributed by atoms with Crippen molar-refractivity contribution in [3.8, 4) is 6.01 Å². The first-order chi connectivity index (χ1) is 11.1. The number of ether oxygens (including phenoxy) is 2. The first kappa shape index (κ1) is 17.6. The molecule has 0 unspecified atom stereocenters. The molecule has 0 amide bonds. The number of hydrogen-bond acceptors (Lipinski definition) is 5. The number of aromatic nitrogens is 2. The standard InChI is InChI=1S/C17H28N2O4Si/c1-7-11-9-19-14-8-12(23-16(19)18-15(11)20)13(22-14)10-21-24(5,6)17(2,3)4/h9,12-14H,7-8,10H2,1-6H3/t12-,13-,14-/m1/s1. The lowest BCUT2D eigenvalue weighted by Gasteiger charge is -2.37. The zero-order valence-electron chi connectivity index (χ0n) is 15.5. The molecule has 1 saturated heterocycles. The van der Waals surface area contributed by atoms with E-state index in [0.717, 1.165) is 6.42 Å². The van der Waals surface area contributed by atoms with Gasteiger partial charge in [-0.05, 0) is 24.6 Å². The summed E-state index contributed by atoms with van der Waals surface area (Å²) in [6.07, 6.45) is 2.91. The topological polar surface area (TPSA) is 62.6 Å². The van der Waals surface area contributed by atoms with Crippen LogP contribution in [-0.4, -0.2) is 36.7 Å². The van der Waals surface area contributed by atoms with Crippen LogP contribution in [0.25, 0.3) is 0 Å². The van der Waals surface area contributed by atoms with Crippen LogP contribution in [0.3, 0.4) is 0 Å². The molecule has 0 radical (unpaired) electrons. The fourth-order valence-corrected chi connectivity index (χ4v) is 3.83. The Balaban J connectivity index is 1.74. The molecule has 3 heterocycles. The van der Waals surface area contributed by atoms with Gasteiger partial charge in [-0.1, -0.05) is 27.7 Å². The van der Waals surface area contributed by atoms with E-state index in [9.17, 15) is 4.79 Å². The minimum atomic E-state index is -1.83. The molecule has 0 aromatic carbocycles. The molecule has 0 saturated carbocycles. The van der Waals surface area contributed by atoms with Gasteiger partial charge in [0.05, 0.1) is 6.61 Å². The molecule has 3 atom stereocenters. The zero-order chi connectivity index (χ0) is 17.7. The van der Waals surface area contributed by atoms with Gasteiger partial charge in [-0.3, -0.25) is 9.36 Å². The highest BCUT2D eigenvalue weighted by Gasteiger charge is 2.45. The molecule has 134 valence electrons. The zero-order valence-corrected chi connectivity index (χ0v) is 16.5. The summed E-state index contributed by atoms with van der Waals surface area (Å²) in [7, 11) is -1.83. The molecule has 2 aliphatic rings. The van der Waals surface area contributed by atoms with Crippen LogP contribution in [0, 0.1) is 0 Å². The van der Waals surface area contributed by atoms with E-state index >= 15 is 0 Å². The molecular weight excluding hydrogens is 324 g/mol. The SMILES string of the molecule is CCc1cn2c(nc1=O)O[C@@H]1C[C@H]2O[C@@H]1CO[Si](C)(C)C(C)(C)C. The van der Waals surface area contributed by atoms with Gasteiger partial charge in [-0.15, -0.1) is 0 Å². The van der Waals surface area contributed by atoms with Gasteiger partial charge in [0.25, 0.3) is 5.56 Å². The number of rotatable bonds is 4. The summed E-state index contributed by atoms with van der Waals surface area (Å²) >= 11 is 0. The predicted molar refractivity (Wildman–Crippen MR) is 94.0 cm³/mol. The van der Waals surface area contributed by atoms with Crippen molar-refractivity contribution in [3.05, 3.63) is 22.1 Å². The van der Waals surface area contributed by atoms with Gasteiger partial charge in [0, 0.05) is 18.2 Å². The molecule has 1 aromatic rings. The fourth-order valence-electron chi connectivity index (χ4n) is 2.82. The third-order valence-corrected chi connectivity index (χ3v) is 10.0. The Morgan fingerprint density at radius 3 is 2.75 bits per heavy atom. The number of hydrogen-bond donors (Lipinski definition) is 0. The molecular formula is C17H28N2O4Si. The van der Waals surface area contributed by atoms with Crippen molar-refractivity contribution in [3.63, 3.8) is 0 Å². The molecule has 0 N–H and O–H groups in total. The highest BCUT2D eigenvalue weighted by atomic mass is 28.4. The van der Waals surface area contributed by atoms with Gasteiger partial charge in [0.1, 0.15) is 18.4 Å². The van der Waals surface area contributed by atoms with Crippen molar-refractivity contribution in [2.45, 2.75) is 77.1 Å². The number of nitrogens with zero attached hydrogens (tertiary/aromatic N) is 2. The summed E-state index contributed by atoms with van der Waals surface area (Å²) in [5.41, 5.74) is 0.476. The van der Waals surface area contributed by atoms with E-state index in [1.807, 2.05) is 17.7 Å². The maximum Gasteiger partial charge on any atom is 0.302 e. The molecule has 2 aliphatic heterocycles. The molecule has 7 heteroatoms. The molecule has 0 spiro atoms. The van der Waals surface area contributed by atoms with E-state index in [-0.39, 0.29) is 29.0 Å². The van der Waals surface area contributed by atoms with Crippen LogP contribution in [0.4, 0.5) is 0 Å². The quantitative estimate of drug-likeness (QED) is 0.780. The molecule has 2 bridgehead atoms. The molecule has 24 heavy (non-hydrogen) atoms. The van der Waals surface area contributed by atoms with Crippen molar-refractivity contribution in [1.29, 1.82) is 0 Å². The van der Waals surface area contributed by atoms with Crippen molar-refractivity contribution >= 4 is 8.32 Å². The number of aryl methyl sites for hydroxylation is 1. The lowest BCUT2D eigenvalue weighted by atomic mass is 10.1. The monoisotopic (exact) mass is 352 g/mol. The third kappa shape index (κ3) is 3.04. The highest BCUT2D eigenvalue weighted by molar-refractivity contribution is 6.74. The maximum atomic E-state index is 11.9. The highest BCUT2D eigenvalue weighted by Crippen LogP contribution is 2.40. The second-order valence-corrected chi connectivity index (χ2v) is 13.0. The normalized spacial score (nSPS) is 26.2. The predicted octanol–water partition coefficient (Wildman–Crippen LogP) is 2.88. The minimum Gasteiger partial charge on any atom is -0.458 e. The fraction of sp³-hybridized carbons (Fsp3) is 0.765. The Morgan fingerprint density at radius 1 is 1.42 bits per heavy atom. The lowest BCUT2D eigenvalue weighted by Crippen LogP contribution is -2.44. The second kappa shape index (κ2) is 5.96. The van der Waals surface area contributed by atoms with Crippen LogP contribution >= 0.6 is 0 Å². The van der Waals surface area contributed by atoms with Gasteiger partial charge < -0.3 is 13.9 Å². The maximum absolute atomic E-state index is 11.9. The lowest BCUT2D eigenvalue weighted by molar-refractivity contribution is -0.0220. The van der Waals surface area contributed by atoms with Gasteiger partial charge in [0.2, 0.25) is 0 Å². The molecule has 1 fully saturated rings. The Morgan fingerprint density at radius 2 is 2.12 bits per heavy atom. The largest absolute Gasteiger partial charge is 0.458 e. The molecule has 1 aromatic heterocycles. The van der Waals surface area contributed by atoms with Crippen molar-refractivity contribution in [2.75, 3.05) is 6.61 Å². The van der Waals surface area contributed by atoms with Crippen molar-refractivity contribution < 1.29 is 13.9 Å². The summed E-state index contributed by atoms with van der Waals surface area (Å²) < 4.78 is 20.2. The van der Waals surface area contributed by atoms with E-state index in [2.05, 4.69) is 38.8 Å². The van der Waals surface area contributed by atoms with Gasteiger partial charge in [0.15, 0.2) is 8.32 Å². The average molecular weight is 353 g/mol. The minimum absolute atomic E-state index is 0.0980. The summed E-state index contributed by atoms with van der Waals surface area (Å²) in [6, 6.07) is 0.369. The Hall–Kier alpha value is -1.18. The van der Waals surface area contributed by atoms with Gasteiger partial charge in [-0.2, -0.15) is 4.98 Å². The van der Waals surface area contributed by atoms with Crippen molar-refractivity contribution in [2.24, 2.45) is 0 Å². The van der Waals surface area contributed by atoms with Crippen LogP contribution < -0.4 is 10.3 Å². The first-order valence-corrected chi connectivity index (χ1v) is 11.6. The second-order valence-electron chi connectivity index (χ2n) is 8.21. The van der Waals surface area contributed by atoms with E-state index in [1.54, 1.807) is 0 Å². The van der Waals surface area contributed by atoms with E-state index in [0.29, 0.717) is 24.6 Å². The summed E-state index contributed by atoms with van der Waals surface area (Å²) in [5, 5.41) is 0.161. The molecule has 3 rings (SSSR count). The van der Waals surface area contributed by atoms with Crippen LogP contribution in [0.1, 0.15) is 45.9 Å². The Bertz CT molecular complexity index is 680. The van der Waals surface area contributed by atoms with Gasteiger partial charge in [-0.25, -0.2) is 0 Å². The smallest absolute Gasteiger partial charge is 0.302 e. The summed E-state index contributed by atoms with van der Waals surface area (Å²) in [6.45, 7) is 13.6. The van der Waals surface area contributed by atoms with E-state index in [1.165, 1.54) is 0 Å². The number of fused-ring (bicyclic) bond motifs is 4. The average Bonchev–Trinajstić information content (AvgIpc) is 2.81. The van der Waals surface area contributed by atoms with Crippen LogP contribution in [0.2, 0.25) is 18.1 Å². The van der Waals surface area contributed by atoms with Crippen LogP contribution in [0.5, 0.6) is 6.01 Å². The van der Waals surface area contributed by atoms with Crippen LogP contribution in [-0.2, 0) is 15.6 Å². The summed E-state index contributed by atoms with van der Waals surface area (Å²) in [5.74, 6) is 0. The Kier molecular flexibility index (Phi) is 4.38. The van der Waals surface area contributed by atoms with E-state index in [4.69, 9.17) is 13.9 Å². The molecule has 0 aliphatic carbocycles. The third-order valence-electron chi connectivity index (χ3n) is 5.53. The van der Waals surface area contributed by atoms with Gasteiger partial charge >= 0.3 is 6.01 Å². The van der Waals surface area contributed by atoms with Crippen molar-refractivity contribution in [1.82, 2.24) is 9.55 Å². The first-order valence-electron chi connectivity index (χ1n) is 8.70. The van der Waals surface area contributed by atoms with E-state index < -0.39 is 8.32 Å². The summed E-state index contributed by atoms with van der Waals surface area (Å²) in [4.78, 5) is 16.0. The van der Waals surface area contributed by atoms with Crippen LogP contribution in [0.15, 0.2) is 11.0 Å². The Labute approximate surface area is 144 Å².